The highest BCUT2D eigenvalue weighted by Gasteiger charge is 2.32. The van der Waals surface area contributed by atoms with Gasteiger partial charge in [-0.15, -0.1) is 0 Å². The number of piperidine rings is 1. The van der Waals surface area contributed by atoms with Gasteiger partial charge in [-0.05, 0) is 25.0 Å². The number of imidazole rings is 1. The van der Waals surface area contributed by atoms with Crippen molar-refractivity contribution >= 4 is 22.6 Å². The van der Waals surface area contributed by atoms with Gasteiger partial charge in [0, 0.05) is 25.1 Å². The minimum absolute atomic E-state index is 0.0671. The molecule has 1 N–H and O–H groups in total. The molecule has 2 heterocycles. The number of halogens is 2. The van der Waals surface area contributed by atoms with Crippen LogP contribution in [0.3, 0.4) is 0 Å². The highest BCUT2D eigenvalue weighted by atomic mass is 19.3. The second-order valence-electron chi connectivity index (χ2n) is 7.39. The lowest BCUT2D eigenvalue weighted by molar-refractivity contribution is -0.385. The molecule has 1 saturated heterocycles. The van der Waals surface area contributed by atoms with E-state index in [1.165, 1.54) is 12.0 Å². The molecular weight excluding hydrogens is 426 g/mol. The monoisotopic (exact) mass is 446 g/mol. The van der Waals surface area contributed by atoms with Crippen LogP contribution in [0.15, 0.2) is 36.4 Å². The molecule has 32 heavy (non-hydrogen) atoms. The van der Waals surface area contributed by atoms with E-state index in [1.54, 1.807) is 0 Å². The fourth-order valence-electron chi connectivity index (χ4n) is 3.94. The Morgan fingerprint density at radius 3 is 2.78 bits per heavy atom. The predicted molar refractivity (Wildman–Crippen MR) is 110 cm³/mol. The van der Waals surface area contributed by atoms with Gasteiger partial charge < -0.3 is 19.4 Å². The molecule has 0 radical (unpaired) electrons. The van der Waals surface area contributed by atoms with Gasteiger partial charge in [0.1, 0.15) is 11.4 Å². The standard InChI is InChI=1S/C21H20F2N4O5/c1-31-17-9-13(16(27(29)30)10-18(17)32-21(22)23)20(28)26-8-4-5-12(11-26)19-24-14-6-2-3-7-15(14)25-19/h2-3,6-7,9-10,12,21H,4-5,8,11H2,1H3,(H,24,25)/t12-/m0/s1. The van der Waals surface area contributed by atoms with Crippen LogP contribution < -0.4 is 9.47 Å². The Morgan fingerprint density at radius 1 is 1.31 bits per heavy atom. The minimum Gasteiger partial charge on any atom is -0.493 e. The number of nitro groups is 1. The Kier molecular flexibility index (Phi) is 5.89. The van der Waals surface area contributed by atoms with Gasteiger partial charge in [-0.25, -0.2) is 4.98 Å². The van der Waals surface area contributed by atoms with Crippen LogP contribution in [0, 0.1) is 10.1 Å². The van der Waals surface area contributed by atoms with Gasteiger partial charge in [-0.3, -0.25) is 14.9 Å². The lowest BCUT2D eigenvalue weighted by Gasteiger charge is -2.32. The van der Waals surface area contributed by atoms with Gasteiger partial charge in [0.25, 0.3) is 11.6 Å². The summed E-state index contributed by atoms with van der Waals surface area (Å²) in [6.45, 7) is -2.48. The van der Waals surface area contributed by atoms with E-state index in [1.807, 2.05) is 24.3 Å². The number of para-hydroxylation sites is 2. The Hall–Kier alpha value is -3.76. The van der Waals surface area contributed by atoms with E-state index in [0.717, 1.165) is 35.4 Å². The minimum atomic E-state index is -3.20. The van der Waals surface area contributed by atoms with Gasteiger partial charge in [0.2, 0.25) is 0 Å². The summed E-state index contributed by atoms with van der Waals surface area (Å²) in [5, 5.41) is 11.6. The number of hydrogen-bond acceptors (Lipinski definition) is 6. The average molecular weight is 446 g/mol. The first-order valence-corrected chi connectivity index (χ1v) is 9.92. The van der Waals surface area contributed by atoms with E-state index in [-0.39, 0.29) is 17.2 Å². The van der Waals surface area contributed by atoms with Crippen LogP contribution in [0.25, 0.3) is 11.0 Å². The summed E-state index contributed by atoms with van der Waals surface area (Å²) in [6, 6.07) is 9.45. The lowest BCUT2D eigenvalue weighted by Crippen LogP contribution is -2.39. The molecule has 1 atom stereocenters. The molecule has 1 aromatic heterocycles. The van der Waals surface area contributed by atoms with Crippen molar-refractivity contribution in [2.45, 2.75) is 25.4 Å². The van der Waals surface area contributed by atoms with Crippen LogP contribution in [-0.4, -0.2) is 52.5 Å². The predicted octanol–water partition coefficient (Wildman–Crippen LogP) is 4.10. The molecule has 2 aromatic carbocycles. The third kappa shape index (κ3) is 4.18. The zero-order valence-corrected chi connectivity index (χ0v) is 17.1. The van der Waals surface area contributed by atoms with Crippen molar-refractivity contribution in [1.29, 1.82) is 0 Å². The number of carbonyl (C=O) groups is 1. The normalized spacial score (nSPS) is 16.4. The second kappa shape index (κ2) is 8.77. The number of amides is 1. The molecule has 0 unspecified atom stereocenters. The number of fused-ring (bicyclic) bond motifs is 1. The van der Waals surface area contributed by atoms with E-state index in [4.69, 9.17) is 4.74 Å². The fraction of sp³-hybridized carbons (Fsp3) is 0.333. The third-order valence-electron chi connectivity index (χ3n) is 5.43. The molecule has 11 heteroatoms. The SMILES string of the molecule is COc1cc(C(=O)N2CCC[C@H](c3nc4ccccc4[nH]3)C2)c([N+](=O)[O-])cc1OC(F)F. The maximum absolute atomic E-state index is 13.2. The molecule has 3 aromatic rings. The smallest absolute Gasteiger partial charge is 0.387 e. The zero-order valence-electron chi connectivity index (χ0n) is 17.1. The first kappa shape index (κ1) is 21.5. The molecule has 9 nitrogen and oxygen atoms in total. The number of aromatic amines is 1. The third-order valence-corrected chi connectivity index (χ3v) is 5.43. The first-order valence-electron chi connectivity index (χ1n) is 9.92. The number of carbonyl (C=O) groups excluding carboxylic acids is 1. The number of alkyl halides is 2. The molecule has 1 aliphatic rings. The number of nitrogens with zero attached hydrogens (tertiary/aromatic N) is 3. The molecule has 168 valence electrons. The maximum Gasteiger partial charge on any atom is 0.387 e. The van der Waals surface area contributed by atoms with Gasteiger partial charge in [-0.2, -0.15) is 8.78 Å². The number of likely N-dealkylation sites (tertiary alicyclic amines) is 1. The van der Waals surface area contributed by atoms with E-state index in [0.29, 0.717) is 19.5 Å². The number of hydrogen-bond donors (Lipinski definition) is 1. The first-order chi connectivity index (χ1) is 15.4. The highest BCUT2D eigenvalue weighted by molar-refractivity contribution is 5.99. The quantitative estimate of drug-likeness (QED) is 0.451. The van der Waals surface area contributed by atoms with Gasteiger partial charge in [-0.1, -0.05) is 12.1 Å². The molecule has 0 spiro atoms. The lowest BCUT2D eigenvalue weighted by atomic mass is 9.96. The number of nitrogens with one attached hydrogen (secondary N) is 1. The van der Waals surface area contributed by atoms with Crippen molar-refractivity contribution in [2.75, 3.05) is 20.2 Å². The Labute approximate surface area is 181 Å². The maximum atomic E-state index is 13.2. The molecule has 1 aliphatic heterocycles. The van der Waals surface area contributed by atoms with E-state index < -0.39 is 28.9 Å². The van der Waals surface area contributed by atoms with E-state index in [9.17, 15) is 23.7 Å². The van der Waals surface area contributed by atoms with Crippen LogP contribution in [-0.2, 0) is 0 Å². The zero-order chi connectivity index (χ0) is 22.8. The van der Waals surface area contributed by atoms with Crippen molar-refractivity contribution < 1.29 is 28.0 Å². The highest BCUT2D eigenvalue weighted by Crippen LogP contribution is 2.37. The average Bonchev–Trinajstić information content (AvgIpc) is 3.22. The summed E-state index contributed by atoms with van der Waals surface area (Å²) in [6.07, 6.45) is 1.49. The summed E-state index contributed by atoms with van der Waals surface area (Å²) < 4.78 is 34.7. The number of nitro benzene ring substituents is 1. The van der Waals surface area contributed by atoms with Gasteiger partial charge in [0.15, 0.2) is 11.5 Å². The molecule has 0 aliphatic carbocycles. The Balaban J connectivity index is 1.63. The Morgan fingerprint density at radius 2 is 2.09 bits per heavy atom. The van der Waals surface area contributed by atoms with E-state index in [2.05, 4.69) is 14.7 Å². The largest absolute Gasteiger partial charge is 0.493 e. The van der Waals surface area contributed by atoms with Crippen LogP contribution >= 0.6 is 0 Å². The summed E-state index contributed by atoms with van der Waals surface area (Å²) in [7, 11) is 1.20. The number of benzene rings is 2. The summed E-state index contributed by atoms with van der Waals surface area (Å²) in [5.74, 6) is -0.604. The summed E-state index contributed by atoms with van der Waals surface area (Å²) in [5.41, 5.74) is 0.831. The van der Waals surface area contributed by atoms with Crippen molar-refractivity contribution in [3.63, 3.8) is 0 Å². The topological polar surface area (TPSA) is 111 Å². The number of aromatic nitrogens is 2. The molecule has 1 amide bonds. The molecular formula is C21H20F2N4O5. The van der Waals surface area contributed by atoms with Crippen LogP contribution in [0.4, 0.5) is 14.5 Å². The summed E-state index contributed by atoms with van der Waals surface area (Å²) >= 11 is 0. The van der Waals surface area contributed by atoms with E-state index >= 15 is 0 Å². The molecule has 0 bridgehead atoms. The van der Waals surface area contributed by atoms with Crippen LogP contribution in [0.2, 0.25) is 0 Å². The van der Waals surface area contributed by atoms with Crippen molar-refractivity contribution in [2.24, 2.45) is 0 Å². The molecule has 1 fully saturated rings. The second-order valence-corrected chi connectivity index (χ2v) is 7.39. The van der Waals surface area contributed by atoms with Crippen molar-refractivity contribution in [1.82, 2.24) is 14.9 Å². The Bertz CT molecular complexity index is 1130. The molecule has 0 saturated carbocycles. The van der Waals surface area contributed by atoms with Crippen LogP contribution in [0.5, 0.6) is 11.5 Å². The van der Waals surface area contributed by atoms with Crippen molar-refractivity contribution in [3.8, 4) is 11.5 Å². The number of ether oxygens (including phenoxy) is 2. The fourth-order valence-corrected chi connectivity index (χ4v) is 3.94. The number of H-pyrrole nitrogens is 1. The summed E-state index contributed by atoms with van der Waals surface area (Å²) in [4.78, 5) is 33.4. The van der Waals surface area contributed by atoms with Crippen LogP contribution in [0.1, 0.15) is 34.9 Å². The van der Waals surface area contributed by atoms with Gasteiger partial charge >= 0.3 is 6.61 Å². The molecule has 4 rings (SSSR count). The van der Waals surface area contributed by atoms with Crippen molar-refractivity contribution in [3.05, 3.63) is 57.9 Å². The van der Waals surface area contributed by atoms with Gasteiger partial charge in [0.05, 0.1) is 29.1 Å². The number of rotatable bonds is 6. The number of methoxy groups -OCH3 is 1.